The highest BCUT2D eigenvalue weighted by Gasteiger charge is 2.00. The van der Waals surface area contributed by atoms with Crippen molar-refractivity contribution in [3.63, 3.8) is 0 Å². The Bertz CT molecular complexity index is 256. The maximum absolute atomic E-state index is 4.25. The van der Waals surface area contributed by atoms with Crippen LogP contribution in [0.25, 0.3) is 0 Å². The summed E-state index contributed by atoms with van der Waals surface area (Å²) >= 11 is 1.78. The second-order valence-corrected chi connectivity index (χ2v) is 4.87. The molecule has 80 valence electrons. The van der Waals surface area contributed by atoms with Crippen LogP contribution in [0.1, 0.15) is 37.3 Å². The van der Waals surface area contributed by atoms with Gasteiger partial charge in [0.25, 0.3) is 0 Å². The largest absolute Gasteiger partial charge is 0.315 e. The first kappa shape index (κ1) is 11.7. The maximum Gasteiger partial charge on any atom is 0.0797 e. The quantitative estimate of drug-likeness (QED) is 0.733. The predicted molar refractivity (Wildman–Crippen MR) is 62.9 cm³/mol. The van der Waals surface area contributed by atoms with Crippen LogP contribution >= 0.6 is 11.3 Å². The zero-order valence-electron chi connectivity index (χ0n) is 9.34. The highest BCUT2D eigenvalue weighted by molar-refractivity contribution is 7.09. The van der Waals surface area contributed by atoms with Crippen LogP contribution in [-0.4, -0.2) is 17.6 Å². The Kier molecular flexibility index (Phi) is 5.12. The summed E-state index contributed by atoms with van der Waals surface area (Å²) in [6, 6.07) is 0.611. The summed E-state index contributed by atoms with van der Waals surface area (Å²) in [4.78, 5) is 5.70. The zero-order chi connectivity index (χ0) is 10.4. The van der Waals surface area contributed by atoms with Crippen LogP contribution in [0.4, 0.5) is 0 Å². The lowest BCUT2D eigenvalue weighted by Gasteiger charge is -2.06. The van der Waals surface area contributed by atoms with E-state index in [0.29, 0.717) is 6.04 Å². The summed E-state index contributed by atoms with van der Waals surface area (Å²) in [6.45, 7) is 7.61. The van der Waals surface area contributed by atoms with E-state index in [4.69, 9.17) is 0 Å². The van der Waals surface area contributed by atoms with E-state index in [-0.39, 0.29) is 0 Å². The summed E-state index contributed by atoms with van der Waals surface area (Å²) < 4.78 is 0. The minimum Gasteiger partial charge on any atom is -0.315 e. The SMILES string of the molecule is Cc1ncsc1CCCCNC(C)C. The Morgan fingerprint density at radius 2 is 2.21 bits per heavy atom. The molecule has 2 nitrogen and oxygen atoms in total. The minimum absolute atomic E-state index is 0.611. The average molecular weight is 212 g/mol. The van der Waals surface area contributed by atoms with Crippen molar-refractivity contribution in [2.75, 3.05) is 6.54 Å². The number of hydrogen-bond donors (Lipinski definition) is 1. The third kappa shape index (κ3) is 4.20. The van der Waals surface area contributed by atoms with Gasteiger partial charge in [0.2, 0.25) is 0 Å². The Hall–Kier alpha value is -0.410. The third-order valence-corrected chi connectivity index (χ3v) is 3.22. The second-order valence-electron chi connectivity index (χ2n) is 3.93. The maximum atomic E-state index is 4.25. The van der Waals surface area contributed by atoms with Crippen molar-refractivity contribution in [1.82, 2.24) is 10.3 Å². The standard InChI is InChI=1S/C11H20N2S/c1-9(2)12-7-5-4-6-11-10(3)13-8-14-11/h8-9,12H,4-7H2,1-3H3. The lowest BCUT2D eigenvalue weighted by molar-refractivity contribution is 0.558. The molecular formula is C11H20N2S. The molecule has 0 radical (unpaired) electrons. The predicted octanol–water partition coefficient (Wildman–Crippen LogP) is 2.77. The van der Waals surface area contributed by atoms with Crippen molar-refractivity contribution in [3.8, 4) is 0 Å². The van der Waals surface area contributed by atoms with Gasteiger partial charge in [0, 0.05) is 10.9 Å². The van der Waals surface area contributed by atoms with Crippen molar-refractivity contribution >= 4 is 11.3 Å². The Balaban J connectivity index is 2.08. The normalized spacial score (nSPS) is 11.1. The molecule has 0 saturated heterocycles. The van der Waals surface area contributed by atoms with Gasteiger partial charge in [0.15, 0.2) is 0 Å². The van der Waals surface area contributed by atoms with Crippen LogP contribution in [0.5, 0.6) is 0 Å². The third-order valence-electron chi connectivity index (χ3n) is 2.23. The van der Waals surface area contributed by atoms with Crippen LogP contribution in [0.2, 0.25) is 0 Å². The summed E-state index contributed by atoms with van der Waals surface area (Å²) in [5.41, 5.74) is 3.16. The lowest BCUT2D eigenvalue weighted by Crippen LogP contribution is -2.23. The van der Waals surface area contributed by atoms with Gasteiger partial charge in [0.1, 0.15) is 0 Å². The highest BCUT2D eigenvalue weighted by Crippen LogP contribution is 2.14. The van der Waals surface area contributed by atoms with Crippen LogP contribution in [0.3, 0.4) is 0 Å². The van der Waals surface area contributed by atoms with Gasteiger partial charge in [-0.3, -0.25) is 0 Å². The average Bonchev–Trinajstić information content (AvgIpc) is 2.51. The Labute approximate surface area is 90.8 Å². The number of thiazole rings is 1. The van der Waals surface area contributed by atoms with E-state index in [1.165, 1.54) is 29.8 Å². The van der Waals surface area contributed by atoms with Crippen LogP contribution in [0.15, 0.2) is 5.51 Å². The molecule has 0 amide bonds. The fraction of sp³-hybridized carbons (Fsp3) is 0.727. The van der Waals surface area contributed by atoms with E-state index in [9.17, 15) is 0 Å². The summed E-state index contributed by atoms with van der Waals surface area (Å²) in [5, 5.41) is 3.43. The number of aromatic nitrogens is 1. The molecule has 14 heavy (non-hydrogen) atoms. The summed E-state index contributed by atoms with van der Waals surface area (Å²) in [6.07, 6.45) is 3.72. The van der Waals surface area contributed by atoms with Gasteiger partial charge in [-0.2, -0.15) is 0 Å². The molecule has 1 heterocycles. The topological polar surface area (TPSA) is 24.9 Å². The smallest absolute Gasteiger partial charge is 0.0797 e. The monoisotopic (exact) mass is 212 g/mol. The number of unbranched alkanes of at least 4 members (excludes halogenated alkanes) is 1. The van der Waals surface area contributed by atoms with E-state index in [0.717, 1.165) is 6.54 Å². The molecule has 3 heteroatoms. The van der Waals surface area contributed by atoms with E-state index < -0.39 is 0 Å². The van der Waals surface area contributed by atoms with E-state index in [2.05, 4.69) is 31.1 Å². The van der Waals surface area contributed by atoms with Gasteiger partial charge >= 0.3 is 0 Å². The van der Waals surface area contributed by atoms with Crippen molar-refractivity contribution in [2.24, 2.45) is 0 Å². The number of nitrogens with zero attached hydrogens (tertiary/aromatic N) is 1. The van der Waals surface area contributed by atoms with Crippen molar-refractivity contribution in [1.29, 1.82) is 0 Å². The molecule has 0 spiro atoms. The van der Waals surface area contributed by atoms with Crippen LogP contribution in [-0.2, 0) is 6.42 Å². The molecule has 1 aromatic heterocycles. The fourth-order valence-electron chi connectivity index (χ4n) is 1.37. The van der Waals surface area contributed by atoms with Crippen LogP contribution < -0.4 is 5.32 Å². The highest BCUT2D eigenvalue weighted by atomic mass is 32.1. The molecular weight excluding hydrogens is 192 g/mol. The molecule has 0 aliphatic heterocycles. The van der Waals surface area contributed by atoms with E-state index >= 15 is 0 Å². The zero-order valence-corrected chi connectivity index (χ0v) is 10.2. The fourth-order valence-corrected chi connectivity index (χ4v) is 2.19. The molecule has 0 fully saturated rings. The number of hydrogen-bond acceptors (Lipinski definition) is 3. The Morgan fingerprint density at radius 3 is 2.79 bits per heavy atom. The van der Waals surface area contributed by atoms with Gasteiger partial charge in [-0.25, -0.2) is 4.98 Å². The second kappa shape index (κ2) is 6.14. The van der Waals surface area contributed by atoms with Gasteiger partial charge in [-0.05, 0) is 32.7 Å². The van der Waals surface area contributed by atoms with Gasteiger partial charge in [-0.1, -0.05) is 13.8 Å². The number of nitrogens with one attached hydrogen (secondary N) is 1. The Morgan fingerprint density at radius 1 is 1.43 bits per heavy atom. The van der Waals surface area contributed by atoms with Crippen LogP contribution in [0, 0.1) is 6.92 Å². The minimum atomic E-state index is 0.611. The molecule has 0 aromatic carbocycles. The molecule has 0 bridgehead atoms. The van der Waals surface area contributed by atoms with Crippen molar-refractivity contribution < 1.29 is 0 Å². The molecule has 0 unspecified atom stereocenters. The van der Waals surface area contributed by atoms with Crippen molar-refractivity contribution in [3.05, 3.63) is 16.1 Å². The molecule has 1 N–H and O–H groups in total. The van der Waals surface area contributed by atoms with Gasteiger partial charge < -0.3 is 5.32 Å². The molecule has 0 saturated carbocycles. The van der Waals surface area contributed by atoms with Gasteiger partial charge in [0.05, 0.1) is 11.2 Å². The molecule has 0 atom stereocenters. The van der Waals surface area contributed by atoms with E-state index in [1.54, 1.807) is 11.3 Å². The first-order chi connectivity index (χ1) is 6.70. The number of aryl methyl sites for hydroxylation is 2. The first-order valence-corrected chi connectivity index (χ1v) is 6.20. The molecule has 1 rings (SSSR count). The lowest BCUT2D eigenvalue weighted by atomic mass is 10.2. The van der Waals surface area contributed by atoms with Gasteiger partial charge in [-0.15, -0.1) is 11.3 Å². The first-order valence-electron chi connectivity index (χ1n) is 5.32. The molecule has 0 aliphatic rings. The molecule has 0 aliphatic carbocycles. The summed E-state index contributed by atoms with van der Waals surface area (Å²) in [5.74, 6) is 0. The molecule has 1 aromatic rings. The van der Waals surface area contributed by atoms with E-state index in [1.807, 2.05) is 5.51 Å². The summed E-state index contributed by atoms with van der Waals surface area (Å²) in [7, 11) is 0. The van der Waals surface area contributed by atoms with Crippen molar-refractivity contribution in [2.45, 2.75) is 46.1 Å². The number of rotatable bonds is 6.